The molecule has 0 spiro atoms. The number of methoxy groups -OCH3 is 1. The topological polar surface area (TPSA) is 39.1 Å². The van der Waals surface area contributed by atoms with Crippen molar-refractivity contribution in [1.29, 1.82) is 0 Å². The monoisotopic (exact) mass is 335 g/mol. The van der Waals surface area contributed by atoms with Crippen molar-refractivity contribution in [3.63, 3.8) is 0 Å². The number of nitrogens with one attached hydrogen (secondary N) is 1. The van der Waals surface area contributed by atoms with Gasteiger partial charge in [0.05, 0.1) is 36.1 Å². The number of halogens is 1. The second-order valence-corrected chi connectivity index (χ2v) is 7.52. The van der Waals surface area contributed by atoms with Gasteiger partial charge >= 0.3 is 0 Å². The Morgan fingerprint density at radius 1 is 1.60 bits per heavy atom. The molecule has 114 valence electrons. The van der Waals surface area contributed by atoms with Gasteiger partial charge in [0.25, 0.3) is 0 Å². The Balaban J connectivity index is 2.20. The average Bonchev–Trinajstić information content (AvgIpc) is 2.84. The van der Waals surface area contributed by atoms with E-state index in [9.17, 15) is 0 Å². The van der Waals surface area contributed by atoms with Crippen LogP contribution in [-0.4, -0.2) is 52.6 Å². The fourth-order valence-electron chi connectivity index (χ4n) is 2.36. The number of hydrogen-bond donors (Lipinski definition) is 1. The number of hydrogen-bond acceptors (Lipinski definition) is 5. The van der Waals surface area contributed by atoms with Crippen LogP contribution in [0, 0.1) is 0 Å². The lowest BCUT2D eigenvalue weighted by Gasteiger charge is -2.30. The number of thioether (sulfide) groups is 2. The zero-order chi connectivity index (χ0) is 14.4. The largest absolute Gasteiger partial charge is 0.383 e. The third-order valence-electron chi connectivity index (χ3n) is 3.27. The molecule has 0 amide bonds. The van der Waals surface area contributed by atoms with Gasteiger partial charge in [0.15, 0.2) is 0 Å². The van der Waals surface area contributed by atoms with Gasteiger partial charge in [0.2, 0.25) is 0 Å². The van der Waals surface area contributed by atoms with Crippen molar-refractivity contribution in [2.45, 2.75) is 24.8 Å². The van der Waals surface area contributed by atoms with Crippen molar-refractivity contribution in [2.24, 2.45) is 0 Å². The molecule has 0 radical (unpaired) electrons. The molecule has 2 atom stereocenters. The summed E-state index contributed by atoms with van der Waals surface area (Å²) in [5.41, 5.74) is 1.10. The first kappa shape index (κ1) is 16.5. The Bertz CT molecular complexity index is 410. The van der Waals surface area contributed by atoms with E-state index in [2.05, 4.69) is 17.3 Å². The van der Waals surface area contributed by atoms with Crippen LogP contribution in [0.2, 0.25) is 5.02 Å². The maximum atomic E-state index is 6.39. The van der Waals surface area contributed by atoms with Gasteiger partial charge in [0, 0.05) is 29.6 Å². The number of ether oxygens (including phenoxy) is 1. The summed E-state index contributed by atoms with van der Waals surface area (Å²) < 4.78 is 7.15. The van der Waals surface area contributed by atoms with Crippen LogP contribution in [0.1, 0.15) is 18.7 Å². The van der Waals surface area contributed by atoms with Crippen LogP contribution in [0.5, 0.6) is 0 Å². The lowest BCUT2D eigenvalue weighted by molar-refractivity contribution is 0.181. The molecule has 7 heteroatoms. The van der Waals surface area contributed by atoms with Crippen LogP contribution in [-0.2, 0) is 11.3 Å². The van der Waals surface area contributed by atoms with Crippen LogP contribution in [0.4, 0.5) is 0 Å². The molecular formula is C13H22ClN3OS2. The van der Waals surface area contributed by atoms with Gasteiger partial charge in [0.1, 0.15) is 0 Å². The van der Waals surface area contributed by atoms with Crippen LogP contribution >= 0.6 is 35.1 Å². The van der Waals surface area contributed by atoms with Gasteiger partial charge in [-0.2, -0.15) is 28.6 Å². The minimum absolute atomic E-state index is 0.254. The Kier molecular flexibility index (Phi) is 7.04. The summed E-state index contributed by atoms with van der Waals surface area (Å²) in [6, 6.07) is 0.254. The van der Waals surface area contributed by atoms with Crippen molar-refractivity contribution >= 4 is 35.1 Å². The second-order valence-electron chi connectivity index (χ2n) is 4.61. The summed E-state index contributed by atoms with van der Waals surface area (Å²) in [5, 5.41) is 9.29. The molecular weight excluding hydrogens is 314 g/mol. The molecule has 1 fully saturated rings. The summed E-state index contributed by atoms with van der Waals surface area (Å²) in [6.45, 7) is 4.46. The summed E-state index contributed by atoms with van der Waals surface area (Å²) in [5.74, 6) is 3.62. The minimum Gasteiger partial charge on any atom is -0.383 e. The summed E-state index contributed by atoms with van der Waals surface area (Å²) in [6.07, 6.45) is 1.75. The standard InChI is InChI=1S/C13H22ClN3OS2/c1-3-15-12(11-9-19-6-7-20-11)13-10(14)8-16-17(13)4-5-18-2/h8,11-12,15H,3-7,9H2,1-2H3. The maximum absolute atomic E-state index is 6.39. The maximum Gasteiger partial charge on any atom is 0.0834 e. The Morgan fingerprint density at radius 2 is 2.45 bits per heavy atom. The predicted molar refractivity (Wildman–Crippen MR) is 89.1 cm³/mol. The zero-order valence-electron chi connectivity index (χ0n) is 12.0. The van der Waals surface area contributed by atoms with Gasteiger partial charge < -0.3 is 10.1 Å². The Labute approximate surface area is 134 Å². The van der Waals surface area contributed by atoms with Gasteiger partial charge in [-0.05, 0) is 6.54 Å². The predicted octanol–water partition coefficient (Wildman–Crippen LogP) is 2.68. The van der Waals surface area contributed by atoms with E-state index in [1.165, 1.54) is 11.5 Å². The van der Waals surface area contributed by atoms with Crippen LogP contribution in [0.15, 0.2) is 6.20 Å². The molecule has 1 aliphatic rings. The highest BCUT2D eigenvalue weighted by molar-refractivity contribution is 8.06. The average molecular weight is 336 g/mol. The summed E-state index contributed by atoms with van der Waals surface area (Å²) >= 11 is 10.5. The second kappa shape index (κ2) is 8.54. The lowest BCUT2D eigenvalue weighted by atomic mass is 10.1. The molecule has 4 nitrogen and oxygen atoms in total. The highest BCUT2D eigenvalue weighted by atomic mass is 35.5. The van der Waals surface area contributed by atoms with E-state index >= 15 is 0 Å². The molecule has 0 saturated carbocycles. The third kappa shape index (κ3) is 4.07. The number of rotatable bonds is 7. The van der Waals surface area contributed by atoms with Crippen molar-refractivity contribution < 1.29 is 4.74 Å². The molecule has 1 saturated heterocycles. The molecule has 1 N–H and O–H groups in total. The molecule has 2 heterocycles. The minimum atomic E-state index is 0.254. The fraction of sp³-hybridized carbons (Fsp3) is 0.769. The number of aromatic nitrogens is 2. The summed E-state index contributed by atoms with van der Waals surface area (Å²) in [7, 11) is 1.71. The molecule has 1 aromatic heterocycles. The molecule has 1 aliphatic heterocycles. The normalized spacial score (nSPS) is 21.1. The van der Waals surface area contributed by atoms with Crippen LogP contribution in [0.25, 0.3) is 0 Å². The Hall–Kier alpha value is 0.120. The van der Waals surface area contributed by atoms with Gasteiger partial charge in [-0.15, -0.1) is 0 Å². The van der Waals surface area contributed by atoms with E-state index in [1.54, 1.807) is 13.3 Å². The Morgan fingerprint density at radius 3 is 3.10 bits per heavy atom. The fourth-order valence-corrected chi connectivity index (χ4v) is 5.46. The van der Waals surface area contributed by atoms with Crippen LogP contribution in [0.3, 0.4) is 0 Å². The first-order valence-corrected chi connectivity index (χ1v) is 9.49. The lowest BCUT2D eigenvalue weighted by Crippen LogP contribution is -2.35. The van der Waals surface area contributed by atoms with E-state index in [-0.39, 0.29) is 6.04 Å². The molecule has 20 heavy (non-hydrogen) atoms. The van der Waals surface area contributed by atoms with E-state index in [1.807, 2.05) is 28.2 Å². The molecule has 0 aromatic carbocycles. The van der Waals surface area contributed by atoms with Crippen molar-refractivity contribution in [3.8, 4) is 0 Å². The van der Waals surface area contributed by atoms with Gasteiger partial charge in [-0.3, -0.25) is 4.68 Å². The van der Waals surface area contributed by atoms with Gasteiger partial charge in [-0.1, -0.05) is 18.5 Å². The first-order valence-electron chi connectivity index (χ1n) is 6.90. The molecule has 2 unspecified atom stereocenters. The zero-order valence-corrected chi connectivity index (χ0v) is 14.4. The molecule has 1 aromatic rings. The highest BCUT2D eigenvalue weighted by Crippen LogP contribution is 2.36. The van der Waals surface area contributed by atoms with E-state index in [0.717, 1.165) is 29.6 Å². The van der Waals surface area contributed by atoms with Gasteiger partial charge in [-0.25, -0.2) is 0 Å². The van der Waals surface area contributed by atoms with Crippen molar-refractivity contribution in [3.05, 3.63) is 16.9 Å². The van der Waals surface area contributed by atoms with Crippen molar-refractivity contribution in [1.82, 2.24) is 15.1 Å². The smallest absolute Gasteiger partial charge is 0.0834 e. The first-order chi connectivity index (χ1) is 9.77. The summed E-state index contributed by atoms with van der Waals surface area (Å²) in [4.78, 5) is 0. The molecule has 2 rings (SSSR count). The highest BCUT2D eigenvalue weighted by Gasteiger charge is 2.29. The van der Waals surface area contributed by atoms with E-state index < -0.39 is 0 Å². The quantitative estimate of drug-likeness (QED) is 0.829. The molecule has 0 bridgehead atoms. The van der Waals surface area contributed by atoms with E-state index in [0.29, 0.717) is 11.9 Å². The number of nitrogens with zero attached hydrogens (tertiary/aromatic N) is 2. The third-order valence-corrected chi connectivity index (χ3v) is 6.43. The van der Waals surface area contributed by atoms with Crippen LogP contribution < -0.4 is 5.32 Å². The van der Waals surface area contributed by atoms with Crippen molar-refractivity contribution in [2.75, 3.05) is 37.5 Å². The molecule has 0 aliphatic carbocycles. The van der Waals surface area contributed by atoms with E-state index in [4.69, 9.17) is 16.3 Å². The SMILES string of the molecule is CCNC(c1c(Cl)cnn1CCOC)C1CSCCS1.